The second-order valence-corrected chi connectivity index (χ2v) is 4.98. The van der Waals surface area contributed by atoms with Crippen molar-refractivity contribution < 1.29 is 9.53 Å². The van der Waals surface area contributed by atoms with Gasteiger partial charge < -0.3 is 10.1 Å². The molecule has 1 N–H and O–H groups in total. The van der Waals surface area contributed by atoms with Gasteiger partial charge in [-0.25, -0.2) is 4.52 Å². The van der Waals surface area contributed by atoms with Gasteiger partial charge in [0.2, 0.25) is 5.91 Å². The Morgan fingerprint density at radius 2 is 2.45 bits per heavy atom. The second kappa shape index (κ2) is 5.60. The average Bonchev–Trinajstić information content (AvgIpc) is 2.94. The molecule has 6 nitrogen and oxygen atoms in total. The third kappa shape index (κ3) is 2.52. The number of hydrogen-bond donors (Lipinski definition) is 1. The highest BCUT2D eigenvalue weighted by atomic mass is 16.5. The molecule has 0 saturated carbocycles. The number of amides is 1. The standard InChI is InChI=1S/C14H18N4O2/c1-17-7-8-20-10-13(17)14(19)15-9-11-3-2-6-18-12(11)4-5-16-18/h2-6,13H,7-10H2,1H3,(H,15,19)/t13-/m1/s1. The molecule has 0 unspecified atom stereocenters. The number of fused-ring (bicyclic) bond motifs is 1. The van der Waals surface area contributed by atoms with Gasteiger partial charge in [0, 0.05) is 25.5 Å². The molecule has 1 aliphatic heterocycles. The summed E-state index contributed by atoms with van der Waals surface area (Å²) < 4.78 is 7.17. The van der Waals surface area contributed by atoms with E-state index in [1.165, 1.54) is 0 Å². The maximum absolute atomic E-state index is 12.2. The zero-order chi connectivity index (χ0) is 13.9. The van der Waals surface area contributed by atoms with Crippen molar-refractivity contribution in [2.75, 3.05) is 26.8 Å². The number of rotatable bonds is 3. The summed E-state index contributed by atoms with van der Waals surface area (Å²) in [7, 11) is 1.95. The van der Waals surface area contributed by atoms with Gasteiger partial charge in [0.15, 0.2) is 0 Å². The van der Waals surface area contributed by atoms with Crippen LogP contribution in [0.3, 0.4) is 0 Å². The summed E-state index contributed by atoms with van der Waals surface area (Å²) in [6.45, 7) is 2.43. The van der Waals surface area contributed by atoms with E-state index in [-0.39, 0.29) is 11.9 Å². The van der Waals surface area contributed by atoms with Crippen molar-refractivity contribution in [1.82, 2.24) is 19.8 Å². The molecule has 1 saturated heterocycles. The lowest BCUT2D eigenvalue weighted by molar-refractivity contribution is -0.131. The molecule has 1 amide bonds. The molecule has 6 heteroatoms. The lowest BCUT2D eigenvalue weighted by Crippen LogP contribution is -2.51. The van der Waals surface area contributed by atoms with Crippen LogP contribution < -0.4 is 5.32 Å². The van der Waals surface area contributed by atoms with Crippen LogP contribution in [0.15, 0.2) is 30.6 Å². The Labute approximate surface area is 117 Å². The summed E-state index contributed by atoms with van der Waals surface area (Å²) in [4.78, 5) is 14.2. The van der Waals surface area contributed by atoms with Crippen molar-refractivity contribution in [2.24, 2.45) is 0 Å². The molecule has 2 aromatic rings. The van der Waals surface area contributed by atoms with Gasteiger partial charge in [0.25, 0.3) is 0 Å². The predicted octanol–water partition coefficient (Wildman–Crippen LogP) is 0.281. The fraction of sp³-hybridized carbons (Fsp3) is 0.429. The van der Waals surface area contributed by atoms with E-state index in [1.807, 2.05) is 36.3 Å². The largest absolute Gasteiger partial charge is 0.378 e. The fourth-order valence-electron chi connectivity index (χ4n) is 2.43. The maximum atomic E-state index is 12.2. The highest BCUT2D eigenvalue weighted by molar-refractivity contribution is 5.82. The summed E-state index contributed by atoms with van der Waals surface area (Å²) in [5, 5.41) is 7.16. The lowest BCUT2D eigenvalue weighted by Gasteiger charge is -2.31. The predicted molar refractivity (Wildman–Crippen MR) is 74.3 cm³/mol. The van der Waals surface area contributed by atoms with Crippen LogP contribution in [-0.4, -0.2) is 53.3 Å². The van der Waals surface area contributed by atoms with Gasteiger partial charge in [-0.3, -0.25) is 9.69 Å². The van der Waals surface area contributed by atoms with E-state index in [2.05, 4.69) is 10.4 Å². The molecule has 1 fully saturated rings. The van der Waals surface area contributed by atoms with E-state index in [0.717, 1.165) is 17.6 Å². The van der Waals surface area contributed by atoms with Gasteiger partial charge in [0.1, 0.15) is 6.04 Å². The van der Waals surface area contributed by atoms with Crippen molar-refractivity contribution in [3.05, 3.63) is 36.2 Å². The van der Waals surface area contributed by atoms with Gasteiger partial charge in [0.05, 0.1) is 18.7 Å². The molecule has 3 heterocycles. The van der Waals surface area contributed by atoms with Crippen molar-refractivity contribution in [2.45, 2.75) is 12.6 Å². The third-order valence-electron chi connectivity index (χ3n) is 3.68. The summed E-state index contributed by atoms with van der Waals surface area (Å²) >= 11 is 0. The molecular weight excluding hydrogens is 256 g/mol. The smallest absolute Gasteiger partial charge is 0.240 e. The molecule has 106 valence electrons. The van der Waals surface area contributed by atoms with Crippen molar-refractivity contribution in [1.29, 1.82) is 0 Å². The zero-order valence-electron chi connectivity index (χ0n) is 11.5. The Balaban J connectivity index is 1.67. The summed E-state index contributed by atoms with van der Waals surface area (Å²) in [6, 6.07) is 5.67. The van der Waals surface area contributed by atoms with Gasteiger partial charge in [-0.05, 0) is 24.7 Å². The number of ether oxygens (including phenoxy) is 1. The number of aromatic nitrogens is 2. The molecule has 2 aromatic heterocycles. The lowest BCUT2D eigenvalue weighted by atomic mass is 10.2. The third-order valence-corrected chi connectivity index (χ3v) is 3.68. The van der Waals surface area contributed by atoms with Crippen LogP contribution >= 0.6 is 0 Å². The fourth-order valence-corrected chi connectivity index (χ4v) is 2.43. The van der Waals surface area contributed by atoms with Gasteiger partial charge in [-0.15, -0.1) is 0 Å². The monoisotopic (exact) mass is 274 g/mol. The Hall–Kier alpha value is -1.92. The normalized spacial score (nSPS) is 20.1. The number of nitrogens with zero attached hydrogens (tertiary/aromatic N) is 3. The van der Waals surface area contributed by atoms with E-state index < -0.39 is 0 Å². The number of carbonyl (C=O) groups is 1. The number of carbonyl (C=O) groups excluding carboxylic acids is 1. The SMILES string of the molecule is CN1CCOC[C@@H]1C(=O)NCc1cccn2nccc12. The van der Waals surface area contributed by atoms with E-state index in [0.29, 0.717) is 19.8 Å². The molecule has 0 aliphatic carbocycles. The first-order chi connectivity index (χ1) is 9.75. The number of pyridine rings is 1. The second-order valence-electron chi connectivity index (χ2n) is 4.98. The number of likely N-dealkylation sites (N-methyl/N-ethyl adjacent to an activating group) is 1. The zero-order valence-corrected chi connectivity index (χ0v) is 11.5. The molecule has 0 bridgehead atoms. The quantitative estimate of drug-likeness (QED) is 0.873. The maximum Gasteiger partial charge on any atom is 0.240 e. The Morgan fingerprint density at radius 1 is 1.55 bits per heavy atom. The van der Waals surface area contributed by atoms with Crippen molar-refractivity contribution in [3.8, 4) is 0 Å². The molecule has 3 rings (SSSR count). The summed E-state index contributed by atoms with van der Waals surface area (Å²) in [6.07, 6.45) is 3.65. The van der Waals surface area contributed by atoms with E-state index in [4.69, 9.17) is 4.74 Å². The summed E-state index contributed by atoms with van der Waals surface area (Å²) in [5.74, 6) is 0.00807. The van der Waals surface area contributed by atoms with Crippen LogP contribution in [0.5, 0.6) is 0 Å². The van der Waals surface area contributed by atoms with Crippen molar-refractivity contribution >= 4 is 11.4 Å². The molecule has 0 spiro atoms. The van der Waals surface area contributed by atoms with Crippen LogP contribution in [0, 0.1) is 0 Å². The Bertz CT molecular complexity index is 610. The highest BCUT2D eigenvalue weighted by Gasteiger charge is 2.26. The topological polar surface area (TPSA) is 58.9 Å². The molecular formula is C14H18N4O2. The van der Waals surface area contributed by atoms with Crippen LogP contribution in [0.25, 0.3) is 5.52 Å². The molecule has 1 atom stereocenters. The molecule has 0 radical (unpaired) electrons. The Kier molecular flexibility index (Phi) is 3.66. The van der Waals surface area contributed by atoms with Gasteiger partial charge >= 0.3 is 0 Å². The average molecular weight is 274 g/mol. The minimum Gasteiger partial charge on any atom is -0.378 e. The van der Waals surface area contributed by atoms with Crippen LogP contribution in [0.1, 0.15) is 5.56 Å². The van der Waals surface area contributed by atoms with Crippen molar-refractivity contribution in [3.63, 3.8) is 0 Å². The minimum absolute atomic E-state index is 0.00807. The highest BCUT2D eigenvalue weighted by Crippen LogP contribution is 2.10. The Morgan fingerprint density at radius 3 is 3.30 bits per heavy atom. The van der Waals surface area contributed by atoms with Crippen LogP contribution in [0.2, 0.25) is 0 Å². The van der Waals surface area contributed by atoms with E-state index in [1.54, 1.807) is 10.7 Å². The van der Waals surface area contributed by atoms with Gasteiger partial charge in [-0.1, -0.05) is 6.07 Å². The number of nitrogens with one attached hydrogen (secondary N) is 1. The first-order valence-corrected chi connectivity index (χ1v) is 6.72. The molecule has 1 aliphatic rings. The first-order valence-electron chi connectivity index (χ1n) is 6.72. The van der Waals surface area contributed by atoms with Gasteiger partial charge in [-0.2, -0.15) is 5.10 Å². The number of hydrogen-bond acceptors (Lipinski definition) is 4. The first kappa shape index (κ1) is 13.1. The van der Waals surface area contributed by atoms with Crippen LogP contribution in [0.4, 0.5) is 0 Å². The van der Waals surface area contributed by atoms with E-state index in [9.17, 15) is 4.79 Å². The van der Waals surface area contributed by atoms with E-state index >= 15 is 0 Å². The number of morpholine rings is 1. The molecule has 20 heavy (non-hydrogen) atoms. The molecule has 0 aromatic carbocycles. The van der Waals surface area contributed by atoms with Crippen LogP contribution in [-0.2, 0) is 16.1 Å². The minimum atomic E-state index is -0.201. The summed E-state index contributed by atoms with van der Waals surface area (Å²) in [5.41, 5.74) is 2.07.